The standard InChI is InChI=1S/C15H19N3O/c1-12-14(10-16-18(12)3)11-17(2)15(19)9-13-7-5-4-6-8-13/h4-8,10H,9,11H2,1-3H3. The van der Waals surface area contributed by atoms with Gasteiger partial charge in [0, 0.05) is 31.9 Å². The first-order valence-corrected chi connectivity index (χ1v) is 6.33. The topological polar surface area (TPSA) is 38.1 Å². The van der Waals surface area contributed by atoms with Gasteiger partial charge < -0.3 is 4.90 Å². The molecule has 0 atom stereocenters. The van der Waals surface area contributed by atoms with Crippen molar-refractivity contribution in [1.82, 2.24) is 14.7 Å². The van der Waals surface area contributed by atoms with Gasteiger partial charge in [0.1, 0.15) is 0 Å². The van der Waals surface area contributed by atoms with E-state index in [1.54, 1.807) is 4.90 Å². The van der Waals surface area contributed by atoms with Crippen LogP contribution in [0.2, 0.25) is 0 Å². The summed E-state index contributed by atoms with van der Waals surface area (Å²) >= 11 is 0. The van der Waals surface area contributed by atoms with Crippen molar-refractivity contribution in [2.75, 3.05) is 7.05 Å². The Morgan fingerprint density at radius 3 is 2.58 bits per heavy atom. The summed E-state index contributed by atoms with van der Waals surface area (Å²) < 4.78 is 1.82. The molecule has 100 valence electrons. The summed E-state index contributed by atoms with van der Waals surface area (Å²) in [4.78, 5) is 13.9. The third-order valence-electron chi connectivity index (χ3n) is 3.37. The lowest BCUT2D eigenvalue weighted by Gasteiger charge is -2.17. The number of carbonyl (C=O) groups is 1. The molecule has 0 saturated heterocycles. The molecule has 0 aliphatic rings. The van der Waals surface area contributed by atoms with E-state index >= 15 is 0 Å². The fourth-order valence-corrected chi connectivity index (χ4v) is 1.95. The van der Waals surface area contributed by atoms with Crippen molar-refractivity contribution in [3.63, 3.8) is 0 Å². The zero-order valence-electron chi connectivity index (χ0n) is 11.6. The van der Waals surface area contributed by atoms with E-state index in [4.69, 9.17) is 0 Å². The van der Waals surface area contributed by atoms with Crippen LogP contribution in [0.15, 0.2) is 36.5 Å². The van der Waals surface area contributed by atoms with Gasteiger partial charge in [-0.15, -0.1) is 0 Å². The molecule has 2 aromatic rings. The predicted molar refractivity (Wildman–Crippen MR) is 74.6 cm³/mol. The molecule has 0 aliphatic carbocycles. The van der Waals surface area contributed by atoms with E-state index in [2.05, 4.69) is 5.10 Å². The number of carbonyl (C=O) groups excluding carboxylic acids is 1. The number of aromatic nitrogens is 2. The second-order valence-corrected chi connectivity index (χ2v) is 4.79. The predicted octanol–water partition coefficient (Wildman–Crippen LogP) is 1.93. The number of aryl methyl sites for hydroxylation is 1. The second-order valence-electron chi connectivity index (χ2n) is 4.79. The summed E-state index contributed by atoms with van der Waals surface area (Å²) in [5, 5.41) is 4.19. The first-order chi connectivity index (χ1) is 9.08. The zero-order valence-corrected chi connectivity index (χ0v) is 11.6. The number of likely N-dealkylation sites (N-methyl/N-ethyl adjacent to an activating group) is 1. The van der Waals surface area contributed by atoms with Gasteiger partial charge in [-0.2, -0.15) is 5.10 Å². The van der Waals surface area contributed by atoms with Crippen LogP contribution in [0.3, 0.4) is 0 Å². The minimum atomic E-state index is 0.120. The molecule has 0 radical (unpaired) electrons. The van der Waals surface area contributed by atoms with Crippen molar-refractivity contribution in [2.24, 2.45) is 7.05 Å². The normalized spacial score (nSPS) is 10.5. The van der Waals surface area contributed by atoms with Gasteiger partial charge in [0.15, 0.2) is 0 Å². The fourth-order valence-electron chi connectivity index (χ4n) is 1.95. The summed E-state index contributed by atoms with van der Waals surface area (Å²) in [6.07, 6.45) is 2.26. The van der Waals surface area contributed by atoms with Gasteiger partial charge in [0.05, 0.1) is 12.6 Å². The van der Waals surface area contributed by atoms with Crippen LogP contribution in [-0.4, -0.2) is 27.6 Å². The average molecular weight is 257 g/mol. The highest BCUT2D eigenvalue weighted by Crippen LogP contribution is 2.10. The number of nitrogens with zero attached hydrogens (tertiary/aromatic N) is 3. The highest BCUT2D eigenvalue weighted by Gasteiger charge is 2.12. The van der Waals surface area contributed by atoms with Crippen molar-refractivity contribution in [2.45, 2.75) is 19.9 Å². The third kappa shape index (κ3) is 3.22. The first-order valence-electron chi connectivity index (χ1n) is 6.33. The molecule has 19 heavy (non-hydrogen) atoms. The van der Waals surface area contributed by atoms with Crippen molar-refractivity contribution in [3.8, 4) is 0 Å². The summed E-state index contributed by atoms with van der Waals surface area (Å²) in [7, 11) is 3.74. The van der Waals surface area contributed by atoms with Crippen LogP contribution in [0, 0.1) is 6.92 Å². The SMILES string of the molecule is Cc1c(CN(C)C(=O)Cc2ccccc2)cnn1C. The number of hydrogen-bond donors (Lipinski definition) is 0. The summed E-state index contributed by atoms with van der Waals surface area (Å²) in [6, 6.07) is 9.81. The molecule has 1 heterocycles. The molecule has 1 aromatic heterocycles. The van der Waals surface area contributed by atoms with Crippen molar-refractivity contribution >= 4 is 5.91 Å². The van der Waals surface area contributed by atoms with Crippen molar-refractivity contribution in [3.05, 3.63) is 53.3 Å². The highest BCUT2D eigenvalue weighted by atomic mass is 16.2. The van der Waals surface area contributed by atoms with Crippen molar-refractivity contribution < 1.29 is 4.79 Å². The maximum absolute atomic E-state index is 12.1. The number of rotatable bonds is 4. The minimum Gasteiger partial charge on any atom is -0.341 e. The lowest BCUT2D eigenvalue weighted by molar-refractivity contribution is -0.129. The van der Waals surface area contributed by atoms with Gasteiger partial charge in [0.2, 0.25) is 5.91 Å². The maximum Gasteiger partial charge on any atom is 0.227 e. The Kier molecular flexibility index (Phi) is 4.00. The van der Waals surface area contributed by atoms with E-state index in [0.29, 0.717) is 13.0 Å². The molecule has 4 nitrogen and oxygen atoms in total. The van der Waals surface area contributed by atoms with Gasteiger partial charge in [-0.3, -0.25) is 9.48 Å². The molecule has 1 aromatic carbocycles. The minimum absolute atomic E-state index is 0.120. The Morgan fingerprint density at radius 1 is 1.32 bits per heavy atom. The van der Waals surface area contributed by atoms with Gasteiger partial charge >= 0.3 is 0 Å². The van der Waals surface area contributed by atoms with Crippen LogP contribution in [0.25, 0.3) is 0 Å². The van der Waals surface area contributed by atoms with E-state index in [0.717, 1.165) is 16.8 Å². The zero-order chi connectivity index (χ0) is 13.8. The summed E-state index contributed by atoms with van der Waals surface area (Å²) in [5.41, 5.74) is 3.23. The number of amides is 1. The first kappa shape index (κ1) is 13.3. The van der Waals surface area contributed by atoms with Crippen LogP contribution in [0.5, 0.6) is 0 Å². The molecule has 0 spiro atoms. The lowest BCUT2D eigenvalue weighted by atomic mass is 10.1. The van der Waals surface area contributed by atoms with Gasteiger partial charge in [0.25, 0.3) is 0 Å². The monoisotopic (exact) mass is 257 g/mol. The third-order valence-corrected chi connectivity index (χ3v) is 3.37. The largest absolute Gasteiger partial charge is 0.341 e. The Morgan fingerprint density at radius 2 is 2.00 bits per heavy atom. The van der Waals surface area contributed by atoms with Crippen LogP contribution in [0.4, 0.5) is 0 Å². The Hall–Kier alpha value is -2.10. The molecule has 0 fully saturated rings. The average Bonchev–Trinajstić information content (AvgIpc) is 2.72. The van der Waals surface area contributed by atoms with Crippen LogP contribution >= 0.6 is 0 Å². The Labute approximate surface area is 113 Å². The van der Waals surface area contributed by atoms with E-state index in [1.165, 1.54) is 0 Å². The number of hydrogen-bond acceptors (Lipinski definition) is 2. The van der Waals surface area contributed by atoms with Gasteiger partial charge in [-0.05, 0) is 12.5 Å². The van der Waals surface area contributed by atoms with E-state index in [1.807, 2.05) is 62.2 Å². The second kappa shape index (κ2) is 5.69. The highest BCUT2D eigenvalue weighted by molar-refractivity contribution is 5.78. The van der Waals surface area contributed by atoms with E-state index in [9.17, 15) is 4.79 Å². The van der Waals surface area contributed by atoms with Gasteiger partial charge in [-0.1, -0.05) is 30.3 Å². The maximum atomic E-state index is 12.1. The Bertz CT molecular complexity index is 560. The Balaban J connectivity index is 1.98. The molecule has 0 aliphatic heterocycles. The summed E-state index contributed by atoms with van der Waals surface area (Å²) in [6.45, 7) is 2.61. The molecule has 0 bridgehead atoms. The molecule has 0 unspecified atom stereocenters. The van der Waals surface area contributed by atoms with E-state index in [-0.39, 0.29) is 5.91 Å². The lowest BCUT2D eigenvalue weighted by Crippen LogP contribution is -2.27. The molecular formula is C15H19N3O. The molecule has 4 heteroatoms. The smallest absolute Gasteiger partial charge is 0.227 e. The molecular weight excluding hydrogens is 238 g/mol. The van der Waals surface area contributed by atoms with Crippen LogP contribution in [0.1, 0.15) is 16.8 Å². The molecule has 0 N–H and O–H groups in total. The molecule has 2 rings (SSSR count). The number of benzene rings is 1. The summed E-state index contributed by atoms with van der Waals surface area (Å²) in [5.74, 6) is 0.120. The van der Waals surface area contributed by atoms with Crippen molar-refractivity contribution in [1.29, 1.82) is 0 Å². The van der Waals surface area contributed by atoms with Crippen LogP contribution < -0.4 is 0 Å². The molecule has 1 amide bonds. The molecule has 0 saturated carbocycles. The van der Waals surface area contributed by atoms with E-state index < -0.39 is 0 Å². The van der Waals surface area contributed by atoms with Gasteiger partial charge in [-0.25, -0.2) is 0 Å². The fraction of sp³-hybridized carbons (Fsp3) is 0.333. The quantitative estimate of drug-likeness (QED) is 0.839. The van der Waals surface area contributed by atoms with Crippen LogP contribution in [-0.2, 0) is 24.8 Å².